The first-order chi connectivity index (χ1) is 43.0. The highest BCUT2D eigenvalue weighted by atomic mass is 31.2. The molecule has 0 aromatic heterocycles. The van der Waals surface area contributed by atoms with Crippen LogP contribution < -0.4 is 0 Å². The molecule has 0 rings (SSSR count). The van der Waals surface area contributed by atoms with E-state index in [-0.39, 0.29) is 25.6 Å². The van der Waals surface area contributed by atoms with Crippen LogP contribution in [0.2, 0.25) is 0 Å². The summed E-state index contributed by atoms with van der Waals surface area (Å²) in [6.07, 6.45) is 93.2. The molecule has 0 amide bonds. The molecule has 10 heteroatoms. The fraction of sp³-hybridized carbons (Fsp3) is 0.821. The van der Waals surface area contributed by atoms with Gasteiger partial charge < -0.3 is 18.9 Å². The fourth-order valence-electron chi connectivity index (χ4n) is 11.0. The van der Waals surface area contributed by atoms with E-state index in [9.17, 15) is 19.0 Å². The third-order valence-electron chi connectivity index (χ3n) is 16.8. The number of rotatable bonds is 70. The molecule has 2 unspecified atom stereocenters. The van der Waals surface area contributed by atoms with E-state index < -0.39 is 26.5 Å². The van der Waals surface area contributed by atoms with Gasteiger partial charge in [0.15, 0.2) is 6.10 Å². The zero-order valence-corrected chi connectivity index (χ0v) is 59.6. The van der Waals surface area contributed by atoms with E-state index in [1.807, 2.05) is 21.1 Å². The third kappa shape index (κ3) is 72.5. The van der Waals surface area contributed by atoms with Gasteiger partial charge in [-0.2, -0.15) is 0 Å². The molecule has 0 saturated carbocycles. The first-order valence-electron chi connectivity index (χ1n) is 37.7. The second kappa shape index (κ2) is 68.8. The highest BCUT2D eigenvalue weighted by Gasteiger charge is 2.27. The molecule has 0 bridgehead atoms. The topological polar surface area (TPSA) is 108 Å². The number of carbonyl (C=O) groups excluding carboxylic acids is 2. The zero-order valence-electron chi connectivity index (χ0n) is 58.7. The van der Waals surface area contributed by atoms with Crippen molar-refractivity contribution in [1.82, 2.24) is 0 Å². The molecule has 514 valence electrons. The van der Waals surface area contributed by atoms with E-state index in [1.54, 1.807) is 0 Å². The van der Waals surface area contributed by atoms with Crippen LogP contribution in [0.4, 0.5) is 0 Å². The summed E-state index contributed by atoms with van der Waals surface area (Å²) in [6, 6.07) is 0. The van der Waals surface area contributed by atoms with Crippen molar-refractivity contribution in [2.45, 2.75) is 367 Å². The second-order valence-corrected chi connectivity index (χ2v) is 28.1. The monoisotopic (exact) mass is 1260 g/mol. The standard InChI is InChI=1S/C78H144NO8P/c1-6-8-10-12-14-16-18-20-22-24-26-28-30-32-34-36-38-39-41-43-45-47-49-51-53-55-57-59-61-63-65-67-69-71-78(81)87-76(75-86-88(82,83)85-73-72-79(3,4)5)74-84-77(80)70-68-66-64-62-60-58-56-54-52-50-48-46-44-42-40-37-35-33-31-29-27-25-23-21-19-17-15-13-11-9-7-2/h8,10,14,16,20,22,26,28,32,34,38-39,76H,6-7,9,11-13,15,17-19,21,23-25,27,29-31,33,35-37,40-75H2,1-5H3/p+1/b10-8-,16-14-,22-20-,28-26-,34-32-,39-38-. The molecule has 0 aliphatic heterocycles. The summed E-state index contributed by atoms with van der Waals surface area (Å²) in [6.45, 7) is 4.38. The minimum Gasteiger partial charge on any atom is -0.462 e. The molecule has 1 N–H and O–H groups in total. The Kier molecular flexibility index (Phi) is 66.8. The third-order valence-corrected chi connectivity index (χ3v) is 17.7. The van der Waals surface area contributed by atoms with Gasteiger partial charge in [-0.1, -0.05) is 356 Å². The molecule has 0 heterocycles. The average Bonchev–Trinajstić information content (AvgIpc) is 3.56. The number of quaternary nitrogens is 1. The van der Waals surface area contributed by atoms with Crippen molar-refractivity contribution in [3.63, 3.8) is 0 Å². The molecule has 88 heavy (non-hydrogen) atoms. The quantitative estimate of drug-likeness (QED) is 0.0211. The number of unbranched alkanes of at least 4 members (excludes halogenated alkanes) is 44. The molecule has 0 saturated heterocycles. The molecule has 0 aliphatic rings. The van der Waals surface area contributed by atoms with Crippen molar-refractivity contribution >= 4 is 19.8 Å². The van der Waals surface area contributed by atoms with Crippen molar-refractivity contribution in [2.75, 3.05) is 47.5 Å². The predicted octanol–water partition coefficient (Wildman–Crippen LogP) is 24.7. The Hall–Kier alpha value is -2.55. The Labute approximate surface area is 546 Å². The molecule has 0 spiro atoms. The number of hydrogen-bond donors (Lipinski definition) is 1. The van der Waals surface area contributed by atoms with Crippen LogP contribution in [0.3, 0.4) is 0 Å². The van der Waals surface area contributed by atoms with E-state index in [2.05, 4.69) is 86.8 Å². The molecule has 0 aliphatic carbocycles. The molecule has 0 fully saturated rings. The number of phosphoric acid groups is 1. The molecule has 0 radical (unpaired) electrons. The minimum atomic E-state index is -4.39. The molecule has 9 nitrogen and oxygen atoms in total. The minimum absolute atomic E-state index is 0.0319. The van der Waals surface area contributed by atoms with Crippen molar-refractivity contribution in [3.05, 3.63) is 72.9 Å². The number of likely N-dealkylation sites (N-methyl/N-ethyl adjacent to an activating group) is 1. The zero-order chi connectivity index (χ0) is 64.1. The van der Waals surface area contributed by atoms with Gasteiger partial charge in [-0.3, -0.25) is 18.6 Å². The molecular formula is C78H145NO8P+. The van der Waals surface area contributed by atoms with E-state index >= 15 is 0 Å². The number of carbonyl (C=O) groups is 2. The van der Waals surface area contributed by atoms with Crippen LogP contribution in [0.15, 0.2) is 72.9 Å². The summed E-state index contributed by atoms with van der Waals surface area (Å²) in [4.78, 5) is 35.9. The molecular weight excluding hydrogens is 1110 g/mol. The number of hydrogen-bond acceptors (Lipinski definition) is 7. The Morgan fingerprint density at radius 1 is 0.364 bits per heavy atom. The number of phosphoric ester groups is 1. The maximum Gasteiger partial charge on any atom is 0.472 e. The Morgan fingerprint density at radius 2 is 0.648 bits per heavy atom. The average molecular weight is 1260 g/mol. The molecule has 0 aromatic carbocycles. The van der Waals surface area contributed by atoms with Gasteiger partial charge in [0.25, 0.3) is 0 Å². The van der Waals surface area contributed by atoms with Gasteiger partial charge in [0, 0.05) is 12.8 Å². The van der Waals surface area contributed by atoms with Crippen molar-refractivity contribution in [2.24, 2.45) is 0 Å². The lowest BCUT2D eigenvalue weighted by Crippen LogP contribution is -2.37. The lowest BCUT2D eigenvalue weighted by Gasteiger charge is -2.24. The Bertz CT molecular complexity index is 1710. The van der Waals surface area contributed by atoms with Crippen LogP contribution in [-0.2, 0) is 32.7 Å². The summed E-state index contributed by atoms with van der Waals surface area (Å²) >= 11 is 0. The maximum absolute atomic E-state index is 12.9. The predicted molar refractivity (Wildman–Crippen MR) is 381 cm³/mol. The maximum atomic E-state index is 12.9. The van der Waals surface area contributed by atoms with Crippen LogP contribution in [-0.4, -0.2) is 74.9 Å². The number of allylic oxidation sites excluding steroid dienone is 12. The van der Waals surface area contributed by atoms with Crippen molar-refractivity contribution in [1.29, 1.82) is 0 Å². The SMILES string of the molecule is CC/C=C\C/C=C\C/C=C\C/C=C\C/C=C\C/C=C\CCCCCCCCCCCCCCCCC(=O)OC(COC(=O)CCCCCCCCCCCCCCCCCCCCCCCCCCCCCCCCC)COP(=O)(O)OCC[N+](C)(C)C. The summed E-state index contributed by atoms with van der Waals surface area (Å²) in [5, 5.41) is 0. The second-order valence-electron chi connectivity index (χ2n) is 26.7. The summed E-state index contributed by atoms with van der Waals surface area (Å²) in [5.74, 6) is -0.781. The van der Waals surface area contributed by atoms with Crippen LogP contribution >= 0.6 is 7.82 Å². The van der Waals surface area contributed by atoms with Gasteiger partial charge in [0.2, 0.25) is 0 Å². The Balaban J connectivity index is 3.98. The number of esters is 2. The van der Waals surface area contributed by atoms with E-state index in [0.29, 0.717) is 23.9 Å². The highest BCUT2D eigenvalue weighted by Crippen LogP contribution is 2.43. The van der Waals surface area contributed by atoms with Crippen LogP contribution in [0.5, 0.6) is 0 Å². The first kappa shape index (κ1) is 85.5. The van der Waals surface area contributed by atoms with Gasteiger partial charge in [-0.25, -0.2) is 4.57 Å². The van der Waals surface area contributed by atoms with Gasteiger partial charge in [-0.15, -0.1) is 0 Å². The largest absolute Gasteiger partial charge is 0.472 e. The normalized spacial score (nSPS) is 13.5. The van der Waals surface area contributed by atoms with E-state index in [0.717, 1.165) is 77.0 Å². The van der Waals surface area contributed by atoms with Gasteiger partial charge in [0.05, 0.1) is 27.7 Å². The number of ether oxygens (including phenoxy) is 2. The van der Waals surface area contributed by atoms with Gasteiger partial charge in [0.1, 0.15) is 19.8 Å². The van der Waals surface area contributed by atoms with Gasteiger partial charge >= 0.3 is 19.8 Å². The van der Waals surface area contributed by atoms with E-state index in [4.69, 9.17) is 18.5 Å². The van der Waals surface area contributed by atoms with Crippen LogP contribution in [0, 0.1) is 0 Å². The lowest BCUT2D eigenvalue weighted by molar-refractivity contribution is -0.870. The fourth-order valence-corrected chi connectivity index (χ4v) is 11.8. The number of nitrogens with zero attached hydrogens (tertiary/aromatic N) is 1. The van der Waals surface area contributed by atoms with E-state index in [1.165, 1.54) is 250 Å². The molecule has 0 aromatic rings. The van der Waals surface area contributed by atoms with Crippen molar-refractivity contribution in [3.8, 4) is 0 Å². The van der Waals surface area contributed by atoms with Crippen LogP contribution in [0.1, 0.15) is 361 Å². The summed E-state index contributed by atoms with van der Waals surface area (Å²) in [7, 11) is 1.49. The van der Waals surface area contributed by atoms with Crippen LogP contribution in [0.25, 0.3) is 0 Å². The lowest BCUT2D eigenvalue weighted by atomic mass is 10.0. The summed E-state index contributed by atoms with van der Waals surface area (Å²) < 4.78 is 34.8. The smallest absolute Gasteiger partial charge is 0.462 e. The van der Waals surface area contributed by atoms with Crippen molar-refractivity contribution < 1.29 is 42.1 Å². The highest BCUT2D eigenvalue weighted by molar-refractivity contribution is 7.47. The summed E-state index contributed by atoms with van der Waals surface area (Å²) in [5.41, 5.74) is 0. The Morgan fingerprint density at radius 3 is 0.966 bits per heavy atom. The molecule has 2 atom stereocenters. The first-order valence-corrected chi connectivity index (χ1v) is 39.2. The van der Waals surface area contributed by atoms with Gasteiger partial charge in [-0.05, 0) is 64.2 Å².